The molecule has 1 aromatic carbocycles. The number of carbonyl (C=O) groups excluding carboxylic acids is 1. The molecule has 0 saturated carbocycles. The Balaban J connectivity index is 2.02. The first-order chi connectivity index (χ1) is 9.22. The van der Waals surface area contributed by atoms with Gasteiger partial charge >= 0.3 is 6.03 Å². The maximum absolute atomic E-state index is 12.2. The number of rotatable bonds is 4. The number of thioether (sulfide) groups is 1. The number of unbranched alkanes of at least 4 members (excludes halogenated alkanes) is 1. The first-order valence-corrected chi connectivity index (χ1v) is 8.06. The van der Waals surface area contributed by atoms with E-state index in [9.17, 15) is 4.79 Å². The Labute approximate surface area is 123 Å². The van der Waals surface area contributed by atoms with E-state index in [-0.39, 0.29) is 11.4 Å². The van der Waals surface area contributed by atoms with Crippen molar-refractivity contribution >= 4 is 29.4 Å². The van der Waals surface area contributed by atoms with Gasteiger partial charge in [0.1, 0.15) is 5.37 Å². The van der Waals surface area contributed by atoms with Gasteiger partial charge in [0.05, 0.1) is 0 Å². The Morgan fingerprint density at radius 2 is 2.42 bits per heavy atom. The van der Waals surface area contributed by atoms with Crippen LogP contribution in [0, 0.1) is 0 Å². The van der Waals surface area contributed by atoms with Crippen LogP contribution < -0.4 is 5.32 Å². The number of urea groups is 1. The maximum Gasteiger partial charge on any atom is 0.318 e. The summed E-state index contributed by atoms with van der Waals surface area (Å²) >= 11 is 7.81. The first kappa shape index (κ1) is 14.5. The molecule has 2 amide bonds. The molecule has 2 rings (SSSR count). The third kappa shape index (κ3) is 3.80. The van der Waals surface area contributed by atoms with Crippen molar-refractivity contribution in [1.29, 1.82) is 0 Å². The molecule has 1 fully saturated rings. The van der Waals surface area contributed by atoms with Crippen molar-refractivity contribution in [3.8, 4) is 0 Å². The number of carbonyl (C=O) groups is 1. The van der Waals surface area contributed by atoms with Crippen LogP contribution in [0.1, 0.15) is 30.7 Å². The third-order valence-electron chi connectivity index (χ3n) is 3.09. The Kier molecular flexibility index (Phi) is 5.40. The Morgan fingerprint density at radius 3 is 3.16 bits per heavy atom. The van der Waals surface area contributed by atoms with Gasteiger partial charge in [-0.3, -0.25) is 0 Å². The molecule has 0 aliphatic carbocycles. The number of hydrogen-bond acceptors (Lipinski definition) is 2. The molecule has 1 saturated heterocycles. The summed E-state index contributed by atoms with van der Waals surface area (Å²) in [6, 6.07) is 7.79. The topological polar surface area (TPSA) is 32.3 Å². The quantitative estimate of drug-likeness (QED) is 0.855. The van der Waals surface area contributed by atoms with Gasteiger partial charge in [-0.15, -0.1) is 11.8 Å². The number of nitrogens with one attached hydrogen (secondary N) is 1. The van der Waals surface area contributed by atoms with Gasteiger partial charge in [0.2, 0.25) is 0 Å². The zero-order chi connectivity index (χ0) is 13.7. The fourth-order valence-electron chi connectivity index (χ4n) is 2.09. The number of nitrogens with zero attached hydrogens (tertiary/aromatic N) is 1. The molecule has 1 aromatic rings. The summed E-state index contributed by atoms with van der Waals surface area (Å²) in [6.07, 6.45) is 2.11. The fourth-order valence-corrected chi connectivity index (χ4v) is 3.53. The van der Waals surface area contributed by atoms with Crippen LogP contribution in [-0.2, 0) is 0 Å². The van der Waals surface area contributed by atoms with Gasteiger partial charge in [-0.2, -0.15) is 0 Å². The average molecular weight is 299 g/mol. The monoisotopic (exact) mass is 298 g/mol. The van der Waals surface area contributed by atoms with Gasteiger partial charge in [-0.25, -0.2) is 4.79 Å². The van der Waals surface area contributed by atoms with E-state index in [2.05, 4.69) is 12.2 Å². The van der Waals surface area contributed by atoms with Crippen LogP contribution in [0.15, 0.2) is 24.3 Å². The largest absolute Gasteiger partial charge is 0.338 e. The van der Waals surface area contributed by atoms with Gasteiger partial charge in [0.25, 0.3) is 0 Å². The minimum atomic E-state index is 0.0309. The van der Waals surface area contributed by atoms with Gasteiger partial charge in [-0.05, 0) is 24.1 Å². The molecule has 1 aliphatic rings. The van der Waals surface area contributed by atoms with Crippen LogP contribution >= 0.6 is 23.4 Å². The molecule has 19 heavy (non-hydrogen) atoms. The molecule has 1 unspecified atom stereocenters. The Bertz CT molecular complexity index is 441. The minimum absolute atomic E-state index is 0.0309. The van der Waals surface area contributed by atoms with E-state index >= 15 is 0 Å². The van der Waals surface area contributed by atoms with E-state index in [1.807, 2.05) is 29.2 Å². The van der Waals surface area contributed by atoms with Crippen molar-refractivity contribution < 1.29 is 4.79 Å². The van der Waals surface area contributed by atoms with Crippen LogP contribution in [0.5, 0.6) is 0 Å². The third-order valence-corrected chi connectivity index (χ3v) is 4.59. The lowest BCUT2D eigenvalue weighted by Crippen LogP contribution is -2.39. The number of hydrogen-bond donors (Lipinski definition) is 1. The molecule has 0 radical (unpaired) electrons. The summed E-state index contributed by atoms with van der Waals surface area (Å²) in [5.41, 5.74) is 1.10. The van der Waals surface area contributed by atoms with Crippen molar-refractivity contribution in [2.24, 2.45) is 0 Å². The van der Waals surface area contributed by atoms with Gasteiger partial charge in [0, 0.05) is 23.9 Å². The van der Waals surface area contributed by atoms with Crippen molar-refractivity contribution in [2.45, 2.75) is 25.1 Å². The molecule has 1 N–H and O–H groups in total. The highest BCUT2D eigenvalue weighted by atomic mass is 35.5. The van der Waals surface area contributed by atoms with E-state index in [1.165, 1.54) is 0 Å². The minimum Gasteiger partial charge on any atom is -0.338 e. The second kappa shape index (κ2) is 7.06. The van der Waals surface area contributed by atoms with Crippen molar-refractivity contribution in [1.82, 2.24) is 10.2 Å². The van der Waals surface area contributed by atoms with Crippen LogP contribution in [0.2, 0.25) is 5.02 Å². The molecule has 3 nitrogen and oxygen atoms in total. The second-order valence-corrected chi connectivity index (χ2v) is 6.18. The van der Waals surface area contributed by atoms with Crippen molar-refractivity contribution in [2.75, 3.05) is 18.8 Å². The zero-order valence-electron chi connectivity index (χ0n) is 11.1. The average Bonchev–Trinajstić information content (AvgIpc) is 2.88. The molecule has 1 atom stereocenters. The molecule has 5 heteroatoms. The second-order valence-electron chi connectivity index (χ2n) is 4.56. The van der Waals surface area contributed by atoms with Crippen LogP contribution in [0.3, 0.4) is 0 Å². The summed E-state index contributed by atoms with van der Waals surface area (Å²) < 4.78 is 0. The number of benzene rings is 1. The Hall–Kier alpha value is -0.870. The molecular formula is C14H19ClN2OS. The Morgan fingerprint density at radius 1 is 1.58 bits per heavy atom. The summed E-state index contributed by atoms with van der Waals surface area (Å²) in [5, 5.41) is 3.78. The highest BCUT2D eigenvalue weighted by Gasteiger charge is 2.30. The molecule has 1 heterocycles. The van der Waals surface area contributed by atoms with E-state index in [0.717, 1.165) is 42.3 Å². The number of amides is 2. The van der Waals surface area contributed by atoms with Gasteiger partial charge < -0.3 is 10.2 Å². The standard InChI is InChI=1S/C14H19ClN2OS/c1-2-3-7-16-14(18)17-8-9-19-13(17)11-5-4-6-12(15)10-11/h4-6,10,13H,2-3,7-9H2,1H3,(H,16,18). The highest BCUT2D eigenvalue weighted by molar-refractivity contribution is 7.99. The van der Waals surface area contributed by atoms with Gasteiger partial charge in [0.15, 0.2) is 0 Å². The SMILES string of the molecule is CCCCNC(=O)N1CCSC1c1cccc(Cl)c1. The van der Waals surface area contributed by atoms with E-state index < -0.39 is 0 Å². The predicted molar refractivity (Wildman–Crippen MR) is 81.7 cm³/mol. The molecule has 104 valence electrons. The smallest absolute Gasteiger partial charge is 0.318 e. The zero-order valence-corrected chi connectivity index (χ0v) is 12.6. The van der Waals surface area contributed by atoms with Gasteiger partial charge in [-0.1, -0.05) is 37.1 Å². The van der Waals surface area contributed by atoms with Crippen LogP contribution in [0.25, 0.3) is 0 Å². The lowest BCUT2D eigenvalue weighted by molar-refractivity contribution is 0.200. The predicted octanol–water partition coefficient (Wildman–Crippen LogP) is 3.90. The van der Waals surface area contributed by atoms with E-state index in [0.29, 0.717) is 0 Å². The lowest BCUT2D eigenvalue weighted by atomic mass is 10.2. The summed E-state index contributed by atoms with van der Waals surface area (Å²) in [4.78, 5) is 14.1. The van der Waals surface area contributed by atoms with Crippen LogP contribution in [0.4, 0.5) is 4.79 Å². The first-order valence-electron chi connectivity index (χ1n) is 6.64. The number of halogens is 1. The van der Waals surface area contributed by atoms with E-state index in [4.69, 9.17) is 11.6 Å². The molecule has 0 spiro atoms. The van der Waals surface area contributed by atoms with Crippen molar-refractivity contribution in [3.63, 3.8) is 0 Å². The summed E-state index contributed by atoms with van der Waals surface area (Å²) in [5.74, 6) is 0.971. The molecule has 0 bridgehead atoms. The summed E-state index contributed by atoms with van der Waals surface area (Å²) in [6.45, 7) is 3.66. The van der Waals surface area contributed by atoms with E-state index in [1.54, 1.807) is 11.8 Å². The van der Waals surface area contributed by atoms with Crippen LogP contribution in [-0.4, -0.2) is 29.8 Å². The fraction of sp³-hybridized carbons (Fsp3) is 0.500. The summed E-state index contributed by atoms with van der Waals surface area (Å²) in [7, 11) is 0. The van der Waals surface area contributed by atoms with Crippen molar-refractivity contribution in [3.05, 3.63) is 34.9 Å². The molecule has 1 aliphatic heterocycles. The molecular weight excluding hydrogens is 280 g/mol. The normalized spacial score (nSPS) is 18.6. The lowest BCUT2D eigenvalue weighted by Gasteiger charge is -2.24. The maximum atomic E-state index is 12.2. The highest BCUT2D eigenvalue weighted by Crippen LogP contribution is 2.38. The molecule has 0 aromatic heterocycles.